The van der Waals surface area contributed by atoms with Gasteiger partial charge in [0.15, 0.2) is 4.34 Å². The zero-order valence-electron chi connectivity index (χ0n) is 15.0. The van der Waals surface area contributed by atoms with Crippen LogP contribution >= 0.6 is 23.1 Å². The van der Waals surface area contributed by atoms with Crippen molar-refractivity contribution in [3.8, 4) is 12.1 Å². The molecule has 0 spiro atoms. The molecule has 0 saturated carbocycles. The Hall–Kier alpha value is -2.62. The van der Waals surface area contributed by atoms with E-state index < -0.39 is 0 Å². The first-order chi connectivity index (χ1) is 13.2. The average molecular weight is 401 g/mol. The maximum atomic E-state index is 12.3. The number of thioether (sulfide) groups is 1. The van der Waals surface area contributed by atoms with Crippen LogP contribution in [0.1, 0.15) is 25.3 Å². The van der Waals surface area contributed by atoms with E-state index in [0.717, 1.165) is 12.1 Å². The van der Waals surface area contributed by atoms with Crippen LogP contribution in [-0.4, -0.2) is 39.8 Å². The van der Waals surface area contributed by atoms with Gasteiger partial charge in [-0.15, -0.1) is 10.2 Å². The fraction of sp³-hybridized carbons (Fsp3) is 0.389. The predicted octanol–water partition coefficient (Wildman–Crippen LogP) is 3.59. The number of nitrogens with one attached hydrogen (secondary N) is 1. The summed E-state index contributed by atoms with van der Waals surface area (Å²) in [7, 11) is 0. The largest absolute Gasteiger partial charge is 0.340 e. The molecule has 0 saturated heterocycles. The van der Waals surface area contributed by atoms with E-state index in [9.17, 15) is 4.79 Å². The molecular formula is C18H20N6OS2. The summed E-state index contributed by atoms with van der Waals surface area (Å²) in [5.74, 6) is 0.0989. The van der Waals surface area contributed by atoms with Gasteiger partial charge in [-0.3, -0.25) is 4.79 Å². The standard InChI is InChI=1S/C18H20N6OS2/c1-2-14-5-7-15(8-6-14)21-17-22-23-18(27-17)26-13-16(25)24(11-3-9-19)12-4-10-20/h5-8H,2-4,11-13H2,1H3,(H,21,22). The number of hydrogen-bond acceptors (Lipinski definition) is 8. The van der Waals surface area contributed by atoms with Crippen LogP contribution in [0.5, 0.6) is 0 Å². The number of benzene rings is 1. The maximum Gasteiger partial charge on any atom is 0.233 e. The fourth-order valence-electron chi connectivity index (χ4n) is 2.21. The second-order valence-electron chi connectivity index (χ2n) is 5.53. The van der Waals surface area contributed by atoms with Crippen molar-refractivity contribution in [2.24, 2.45) is 0 Å². The van der Waals surface area contributed by atoms with E-state index >= 15 is 0 Å². The van der Waals surface area contributed by atoms with E-state index in [-0.39, 0.29) is 24.5 Å². The Morgan fingerprint density at radius 3 is 2.44 bits per heavy atom. The Bertz CT molecular complexity index is 804. The van der Waals surface area contributed by atoms with Crippen LogP contribution in [-0.2, 0) is 11.2 Å². The topological polar surface area (TPSA) is 106 Å². The number of aromatic nitrogens is 2. The molecule has 0 radical (unpaired) electrons. The average Bonchev–Trinajstić information content (AvgIpc) is 3.14. The molecule has 0 fully saturated rings. The summed E-state index contributed by atoms with van der Waals surface area (Å²) < 4.78 is 0.691. The molecule has 9 heteroatoms. The van der Waals surface area contributed by atoms with Gasteiger partial charge in [-0.25, -0.2) is 0 Å². The minimum absolute atomic E-state index is 0.106. The molecule has 2 aromatic rings. The number of carbonyl (C=O) groups excluding carboxylic acids is 1. The molecule has 0 unspecified atom stereocenters. The molecule has 1 N–H and O–H groups in total. The third-order valence-corrected chi connectivity index (χ3v) is 5.64. The van der Waals surface area contributed by atoms with Crippen LogP contribution in [0, 0.1) is 22.7 Å². The minimum atomic E-state index is -0.106. The van der Waals surface area contributed by atoms with Crippen molar-refractivity contribution in [1.29, 1.82) is 10.5 Å². The van der Waals surface area contributed by atoms with Gasteiger partial charge in [0, 0.05) is 18.8 Å². The van der Waals surface area contributed by atoms with Gasteiger partial charge in [0.2, 0.25) is 11.0 Å². The number of carbonyl (C=O) groups is 1. The summed E-state index contributed by atoms with van der Waals surface area (Å²) in [6.45, 7) is 2.79. The number of amides is 1. The van der Waals surface area contributed by atoms with Crippen LogP contribution in [0.4, 0.5) is 10.8 Å². The van der Waals surface area contributed by atoms with Crippen molar-refractivity contribution in [2.45, 2.75) is 30.5 Å². The molecule has 0 aliphatic carbocycles. The molecular weight excluding hydrogens is 380 g/mol. The number of aryl methyl sites for hydroxylation is 1. The molecule has 1 heterocycles. The number of nitrogens with zero attached hydrogens (tertiary/aromatic N) is 5. The Morgan fingerprint density at radius 2 is 1.85 bits per heavy atom. The lowest BCUT2D eigenvalue weighted by molar-refractivity contribution is -0.128. The molecule has 2 rings (SSSR count). The Kier molecular flexibility index (Phi) is 8.56. The first-order valence-electron chi connectivity index (χ1n) is 8.50. The second-order valence-corrected chi connectivity index (χ2v) is 7.73. The van der Waals surface area contributed by atoms with E-state index in [2.05, 4.69) is 34.6 Å². The van der Waals surface area contributed by atoms with E-state index in [1.165, 1.54) is 28.7 Å². The smallest absolute Gasteiger partial charge is 0.233 e. The highest BCUT2D eigenvalue weighted by Gasteiger charge is 2.15. The van der Waals surface area contributed by atoms with Crippen LogP contribution in [0.15, 0.2) is 28.6 Å². The quantitative estimate of drug-likeness (QED) is 0.607. The van der Waals surface area contributed by atoms with Crippen molar-refractivity contribution in [1.82, 2.24) is 15.1 Å². The molecule has 140 valence electrons. The van der Waals surface area contributed by atoms with E-state index in [1.807, 2.05) is 24.3 Å². The number of hydrogen-bond donors (Lipinski definition) is 1. The predicted molar refractivity (Wildman–Crippen MR) is 107 cm³/mol. The lowest BCUT2D eigenvalue weighted by Crippen LogP contribution is -2.34. The second kappa shape index (κ2) is 11.2. The summed E-state index contributed by atoms with van der Waals surface area (Å²) in [5.41, 5.74) is 2.21. The molecule has 0 aliphatic rings. The molecule has 27 heavy (non-hydrogen) atoms. The third-order valence-electron chi connectivity index (χ3n) is 3.68. The van der Waals surface area contributed by atoms with Crippen LogP contribution in [0.3, 0.4) is 0 Å². The molecule has 0 aliphatic heterocycles. The van der Waals surface area contributed by atoms with Crippen molar-refractivity contribution < 1.29 is 4.79 Å². The summed E-state index contributed by atoms with van der Waals surface area (Å²) in [4.78, 5) is 13.9. The van der Waals surface area contributed by atoms with Crippen LogP contribution in [0.2, 0.25) is 0 Å². The summed E-state index contributed by atoms with van der Waals surface area (Å²) in [5, 5.41) is 29.5. The monoisotopic (exact) mass is 400 g/mol. The molecule has 0 bridgehead atoms. The summed E-state index contributed by atoms with van der Waals surface area (Å²) in [6.07, 6.45) is 1.50. The summed E-state index contributed by atoms with van der Waals surface area (Å²) in [6, 6.07) is 12.2. The highest BCUT2D eigenvalue weighted by atomic mass is 32.2. The highest BCUT2D eigenvalue weighted by molar-refractivity contribution is 8.01. The lowest BCUT2D eigenvalue weighted by atomic mass is 10.1. The van der Waals surface area contributed by atoms with Gasteiger partial charge in [-0.1, -0.05) is 42.2 Å². The molecule has 1 aromatic carbocycles. The van der Waals surface area contributed by atoms with E-state index in [0.29, 0.717) is 22.6 Å². The molecule has 1 amide bonds. The van der Waals surface area contributed by atoms with Crippen LogP contribution < -0.4 is 5.32 Å². The van der Waals surface area contributed by atoms with Gasteiger partial charge in [0.05, 0.1) is 30.7 Å². The van der Waals surface area contributed by atoms with Crippen LogP contribution in [0.25, 0.3) is 0 Å². The van der Waals surface area contributed by atoms with Crippen molar-refractivity contribution in [3.63, 3.8) is 0 Å². The summed E-state index contributed by atoms with van der Waals surface area (Å²) >= 11 is 2.69. The minimum Gasteiger partial charge on any atom is -0.340 e. The van der Waals surface area contributed by atoms with Gasteiger partial charge < -0.3 is 10.2 Å². The zero-order valence-corrected chi connectivity index (χ0v) is 16.6. The molecule has 0 atom stereocenters. The maximum absolute atomic E-state index is 12.3. The molecule has 7 nitrogen and oxygen atoms in total. The number of anilines is 2. The first-order valence-corrected chi connectivity index (χ1v) is 10.3. The van der Waals surface area contributed by atoms with Gasteiger partial charge in [-0.2, -0.15) is 10.5 Å². The van der Waals surface area contributed by atoms with E-state index in [1.54, 1.807) is 4.90 Å². The van der Waals surface area contributed by atoms with Gasteiger partial charge in [0.25, 0.3) is 0 Å². The van der Waals surface area contributed by atoms with Gasteiger partial charge in [0.1, 0.15) is 0 Å². The third kappa shape index (κ3) is 6.89. The van der Waals surface area contributed by atoms with Gasteiger partial charge >= 0.3 is 0 Å². The number of rotatable bonds is 10. The first kappa shape index (κ1) is 20.7. The van der Waals surface area contributed by atoms with Crippen molar-refractivity contribution >= 4 is 39.8 Å². The fourth-order valence-corrected chi connectivity index (χ4v) is 3.89. The molecule has 1 aromatic heterocycles. The van der Waals surface area contributed by atoms with E-state index in [4.69, 9.17) is 10.5 Å². The van der Waals surface area contributed by atoms with Gasteiger partial charge in [-0.05, 0) is 24.1 Å². The highest BCUT2D eigenvalue weighted by Crippen LogP contribution is 2.28. The van der Waals surface area contributed by atoms with Crippen molar-refractivity contribution in [3.05, 3.63) is 29.8 Å². The van der Waals surface area contributed by atoms with Crippen molar-refractivity contribution in [2.75, 3.05) is 24.2 Å². The lowest BCUT2D eigenvalue weighted by Gasteiger charge is -2.19. The Labute approximate surface area is 167 Å². The zero-order chi connectivity index (χ0) is 19.5. The number of nitriles is 2. The Morgan fingerprint density at radius 1 is 1.19 bits per heavy atom. The SMILES string of the molecule is CCc1ccc(Nc2nnc(SCC(=O)N(CCC#N)CCC#N)s2)cc1. The normalized spacial score (nSPS) is 10.0. The Balaban J connectivity index is 1.87.